The van der Waals surface area contributed by atoms with Crippen LogP contribution in [0, 0.1) is 0 Å². The molecule has 32 heavy (non-hydrogen) atoms. The molecule has 0 radical (unpaired) electrons. The minimum atomic E-state index is -0.954. The number of piperidine rings is 1. The highest BCUT2D eigenvalue weighted by molar-refractivity contribution is 7.17. The largest absolute Gasteiger partial charge is 0.446 e. The zero-order valence-corrected chi connectivity index (χ0v) is 18.3. The van der Waals surface area contributed by atoms with Gasteiger partial charge >= 0.3 is 6.09 Å². The second-order valence-electron chi connectivity index (χ2n) is 7.97. The molecule has 170 valence electrons. The highest BCUT2D eigenvalue weighted by Crippen LogP contribution is 2.40. The molecule has 2 amide bonds. The second-order valence-corrected chi connectivity index (χ2v) is 9.08. The molecule has 1 aliphatic heterocycles. The lowest BCUT2D eigenvalue weighted by Crippen LogP contribution is -2.49. The van der Waals surface area contributed by atoms with Crippen LogP contribution in [0.25, 0.3) is 6.08 Å². The van der Waals surface area contributed by atoms with E-state index in [1.165, 1.54) is 22.3 Å². The van der Waals surface area contributed by atoms with Gasteiger partial charge in [-0.2, -0.15) is 0 Å². The van der Waals surface area contributed by atoms with Gasteiger partial charge in [-0.1, -0.05) is 6.07 Å². The van der Waals surface area contributed by atoms with Crippen molar-refractivity contribution in [2.75, 3.05) is 24.1 Å². The maximum absolute atomic E-state index is 12.5. The highest BCUT2D eigenvalue weighted by atomic mass is 32.1. The van der Waals surface area contributed by atoms with E-state index in [4.69, 9.17) is 10.5 Å². The summed E-state index contributed by atoms with van der Waals surface area (Å²) in [6.07, 6.45) is 6.03. The van der Waals surface area contributed by atoms with E-state index in [1.807, 2.05) is 6.07 Å². The van der Waals surface area contributed by atoms with Crippen LogP contribution in [0.2, 0.25) is 0 Å². The molecule has 5 N–H and O–H groups in total. The first-order chi connectivity index (χ1) is 15.4. The van der Waals surface area contributed by atoms with Crippen molar-refractivity contribution in [2.45, 2.75) is 44.0 Å². The van der Waals surface area contributed by atoms with Crippen LogP contribution in [0.1, 0.15) is 28.8 Å². The first kappa shape index (κ1) is 22.3. The van der Waals surface area contributed by atoms with Gasteiger partial charge in [0, 0.05) is 36.3 Å². The van der Waals surface area contributed by atoms with E-state index in [0.29, 0.717) is 42.9 Å². The molecule has 3 heterocycles. The molecule has 1 fully saturated rings. The fourth-order valence-corrected chi connectivity index (χ4v) is 5.11. The number of carbonyl (C=O) groups excluding carboxylic acids is 2. The molecule has 9 nitrogen and oxygen atoms in total. The number of likely N-dealkylation sites (tertiary alicyclic amines) is 1. The number of aromatic nitrogens is 1. The van der Waals surface area contributed by atoms with Crippen LogP contribution < -0.4 is 11.1 Å². The number of hydrogen-bond acceptors (Lipinski definition) is 8. The predicted octanol–water partition coefficient (Wildman–Crippen LogP) is 1.80. The van der Waals surface area contributed by atoms with Gasteiger partial charge in [0.15, 0.2) is 0 Å². The minimum Gasteiger partial charge on any atom is -0.446 e. The van der Waals surface area contributed by atoms with E-state index < -0.39 is 18.3 Å². The molecule has 4 rings (SSSR count). The van der Waals surface area contributed by atoms with Crippen LogP contribution in [-0.4, -0.2) is 63.5 Å². The van der Waals surface area contributed by atoms with Crippen molar-refractivity contribution in [3.63, 3.8) is 0 Å². The van der Waals surface area contributed by atoms with Gasteiger partial charge in [-0.15, -0.1) is 11.3 Å². The summed E-state index contributed by atoms with van der Waals surface area (Å²) in [6.45, 7) is 0.413. The van der Waals surface area contributed by atoms with Gasteiger partial charge in [0.2, 0.25) is 5.91 Å². The zero-order valence-electron chi connectivity index (χ0n) is 17.4. The summed E-state index contributed by atoms with van der Waals surface area (Å²) >= 11 is 1.40. The number of β-amino-alcohol motifs (C(OH)–C–C–N with tert-alkyl or cyclic N) is 1. The Balaban J connectivity index is 1.35. The van der Waals surface area contributed by atoms with Gasteiger partial charge in [0.25, 0.3) is 0 Å². The minimum absolute atomic E-state index is 0.0622. The van der Waals surface area contributed by atoms with Crippen molar-refractivity contribution in [1.29, 1.82) is 0 Å². The number of thiophene rings is 1. The Bertz CT molecular complexity index is 1010. The lowest BCUT2D eigenvalue weighted by Gasteiger charge is -2.34. The molecule has 0 aromatic carbocycles. The number of hydrogen-bond donors (Lipinski definition) is 4. The zero-order chi connectivity index (χ0) is 22.7. The lowest BCUT2D eigenvalue weighted by molar-refractivity contribution is -0.111. The van der Waals surface area contributed by atoms with E-state index in [2.05, 4.69) is 10.3 Å². The third kappa shape index (κ3) is 5.09. The van der Waals surface area contributed by atoms with Gasteiger partial charge in [-0.3, -0.25) is 9.78 Å². The number of fused-ring (bicyclic) bond motifs is 1. The first-order valence-corrected chi connectivity index (χ1v) is 11.3. The predicted molar refractivity (Wildman–Crippen MR) is 121 cm³/mol. The van der Waals surface area contributed by atoms with Crippen molar-refractivity contribution in [2.24, 2.45) is 0 Å². The Morgan fingerprint density at radius 1 is 1.31 bits per heavy atom. The molecule has 1 aliphatic carbocycles. The maximum atomic E-state index is 12.5. The van der Waals surface area contributed by atoms with Crippen molar-refractivity contribution in [1.82, 2.24) is 9.88 Å². The Morgan fingerprint density at radius 2 is 2.16 bits per heavy atom. The maximum Gasteiger partial charge on any atom is 0.410 e. The van der Waals surface area contributed by atoms with E-state index in [-0.39, 0.29) is 18.6 Å². The van der Waals surface area contributed by atoms with Gasteiger partial charge in [-0.05, 0) is 42.5 Å². The molecule has 10 heteroatoms. The van der Waals surface area contributed by atoms with E-state index >= 15 is 0 Å². The number of aliphatic hydroxyl groups excluding tert-OH is 2. The van der Waals surface area contributed by atoms with Crippen LogP contribution in [0.4, 0.5) is 15.5 Å². The van der Waals surface area contributed by atoms with Crippen molar-refractivity contribution >= 4 is 40.1 Å². The summed E-state index contributed by atoms with van der Waals surface area (Å²) in [5.74, 6) is -0.284. The van der Waals surface area contributed by atoms with Gasteiger partial charge in [0.05, 0.1) is 24.4 Å². The molecular formula is C22H26N4O5S. The number of carbonyl (C=O) groups is 2. The van der Waals surface area contributed by atoms with Crippen LogP contribution in [-0.2, 0) is 22.4 Å². The SMILES string of the molecule is Nc1c(NC(=O)/C=C/c2cccnc2)sc2c1CCC(OC(=O)N1CCC(O)C(O)C1)C2. The summed E-state index contributed by atoms with van der Waals surface area (Å²) in [4.78, 5) is 31.2. The average Bonchev–Trinajstić information content (AvgIpc) is 3.09. The molecule has 2 aliphatic rings. The normalized spacial score (nSPS) is 23.1. The van der Waals surface area contributed by atoms with Crippen molar-refractivity contribution in [3.8, 4) is 0 Å². The topological polar surface area (TPSA) is 138 Å². The number of nitrogen functional groups attached to an aromatic ring is 1. The number of pyridine rings is 1. The van der Waals surface area contributed by atoms with Crippen LogP contribution in [0.5, 0.6) is 0 Å². The van der Waals surface area contributed by atoms with E-state index in [9.17, 15) is 19.8 Å². The number of nitrogens with one attached hydrogen (secondary N) is 1. The van der Waals surface area contributed by atoms with Gasteiger partial charge < -0.3 is 30.9 Å². The Hall–Kier alpha value is -2.95. The van der Waals surface area contributed by atoms with Crippen LogP contribution in [0.15, 0.2) is 30.6 Å². The fourth-order valence-electron chi connectivity index (χ4n) is 3.88. The van der Waals surface area contributed by atoms with Gasteiger partial charge in [0.1, 0.15) is 11.1 Å². The van der Waals surface area contributed by atoms with Gasteiger partial charge in [-0.25, -0.2) is 4.79 Å². The third-order valence-electron chi connectivity index (χ3n) is 5.68. The van der Waals surface area contributed by atoms with Crippen LogP contribution in [0.3, 0.4) is 0 Å². The number of nitrogens with two attached hydrogens (primary N) is 1. The molecule has 0 saturated carbocycles. The van der Waals surface area contributed by atoms with E-state index in [0.717, 1.165) is 16.0 Å². The highest BCUT2D eigenvalue weighted by Gasteiger charge is 2.32. The molecule has 3 unspecified atom stereocenters. The third-order valence-corrected chi connectivity index (χ3v) is 6.87. The lowest BCUT2D eigenvalue weighted by atomic mass is 9.95. The summed E-state index contributed by atoms with van der Waals surface area (Å²) in [6, 6.07) is 3.64. The summed E-state index contributed by atoms with van der Waals surface area (Å²) in [5.41, 5.74) is 8.64. The Morgan fingerprint density at radius 3 is 2.91 bits per heavy atom. The fraction of sp³-hybridized carbons (Fsp3) is 0.409. The second kappa shape index (κ2) is 9.68. The van der Waals surface area contributed by atoms with Crippen molar-refractivity contribution < 1.29 is 24.5 Å². The van der Waals surface area contributed by atoms with Crippen LogP contribution >= 0.6 is 11.3 Å². The molecule has 0 spiro atoms. The summed E-state index contributed by atoms with van der Waals surface area (Å²) < 4.78 is 5.64. The molecule has 0 bridgehead atoms. The molecule has 3 atom stereocenters. The molecule has 1 saturated heterocycles. The molecule has 2 aromatic heterocycles. The quantitative estimate of drug-likeness (QED) is 0.513. The standard InChI is InChI=1S/C22H26N4O5S/c23-20-15-5-4-14(31-22(30)26-9-7-16(27)17(28)12-26)10-18(15)32-21(20)25-19(29)6-3-13-2-1-8-24-11-13/h1-3,6,8,11,14,16-17,27-28H,4-5,7,9-10,12,23H2,(H,25,29)/b6-3+. The smallest absolute Gasteiger partial charge is 0.410 e. The number of aliphatic hydroxyl groups is 2. The monoisotopic (exact) mass is 458 g/mol. The Kier molecular flexibility index (Phi) is 6.73. The summed E-state index contributed by atoms with van der Waals surface area (Å²) in [7, 11) is 0. The molecule has 2 aromatic rings. The number of nitrogens with zero attached hydrogens (tertiary/aromatic N) is 2. The first-order valence-electron chi connectivity index (χ1n) is 10.5. The molecular weight excluding hydrogens is 432 g/mol. The van der Waals surface area contributed by atoms with E-state index in [1.54, 1.807) is 24.5 Å². The number of anilines is 2. The number of rotatable bonds is 4. The Labute approximate surface area is 189 Å². The average molecular weight is 459 g/mol. The van der Waals surface area contributed by atoms with Crippen molar-refractivity contribution in [3.05, 3.63) is 46.6 Å². The number of ether oxygens (including phenoxy) is 1. The number of amides is 2. The summed E-state index contributed by atoms with van der Waals surface area (Å²) in [5, 5.41) is 22.8.